The SMILES string of the molecule is CCC(=O)NCC(=O)NNC(C)C. The Kier molecular flexibility index (Phi) is 5.88. The molecular formula is C8H17N3O2. The van der Waals surface area contributed by atoms with Crippen LogP contribution in [0.3, 0.4) is 0 Å². The molecule has 0 rings (SSSR count). The quantitative estimate of drug-likeness (QED) is 0.510. The molecule has 0 saturated heterocycles. The standard InChI is InChI=1S/C8H17N3O2/c1-4-7(12)9-5-8(13)11-10-6(2)3/h6,10H,4-5H2,1-3H3,(H,9,12)(H,11,13). The molecule has 0 heterocycles. The van der Waals surface area contributed by atoms with Gasteiger partial charge in [-0.05, 0) is 13.8 Å². The second-order valence-electron chi connectivity index (χ2n) is 2.98. The number of rotatable bonds is 5. The lowest BCUT2D eigenvalue weighted by atomic mass is 10.4. The smallest absolute Gasteiger partial charge is 0.253 e. The maximum atomic E-state index is 11.0. The molecule has 5 heteroatoms. The van der Waals surface area contributed by atoms with Crippen LogP contribution in [0.25, 0.3) is 0 Å². The number of hydrogen-bond acceptors (Lipinski definition) is 3. The van der Waals surface area contributed by atoms with Crippen molar-refractivity contribution in [2.45, 2.75) is 33.2 Å². The van der Waals surface area contributed by atoms with E-state index < -0.39 is 0 Å². The summed E-state index contributed by atoms with van der Waals surface area (Å²) in [4.78, 5) is 21.7. The van der Waals surface area contributed by atoms with Crippen LogP contribution in [0, 0.1) is 0 Å². The van der Waals surface area contributed by atoms with Crippen molar-refractivity contribution in [3.05, 3.63) is 0 Å². The van der Waals surface area contributed by atoms with Gasteiger partial charge >= 0.3 is 0 Å². The molecule has 13 heavy (non-hydrogen) atoms. The van der Waals surface area contributed by atoms with E-state index >= 15 is 0 Å². The zero-order valence-corrected chi connectivity index (χ0v) is 8.31. The highest BCUT2D eigenvalue weighted by Gasteiger charge is 2.02. The largest absolute Gasteiger partial charge is 0.347 e. The van der Waals surface area contributed by atoms with Gasteiger partial charge in [0.25, 0.3) is 5.91 Å². The summed E-state index contributed by atoms with van der Waals surface area (Å²) in [6, 6.07) is 0.186. The van der Waals surface area contributed by atoms with E-state index in [-0.39, 0.29) is 24.4 Å². The Morgan fingerprint density at radius 1 is 1.23 bits per heavy atom. The maximum Gasteiger partial charge on any atom is 0.253 e. The molecule has 0 fully saturated rings. The molecule has 2 amide bonds. The Hall–Kier alpha value is -1.10. The molecule has 0 aliphatic carbocycles. The van der Waals surface area contributed by atoms with Crippen LogP contribution in [0.4, 0.5) is 0 Å². The summed E-state index contributed by atoms with van der Waals surface area (Å²) in [6.45, 7) is 5.57. The first-order chi connectivity index (χ1) is 6.06. The predicted molar refractivity (Wildman–Crippen MR) is 49.7 cm³/mol. The molecule has 5 nitrogen and oxygen atoms in total. The summed E-state index contributed by atoms with van der Waals surface area (Å²) >= 11 is 0. The van der Waals surface area contributed by atoms with Crippen LogP contribution < -0.4 is 16.2 Å². The normalized spacial score (nSPS) is 9.85. The van der Waals surface area contributed by atoms with Crippen LogP contribution in [0.2, 0.25) is 0 Å². The van der Waals surface area contributed by atoms with Gasteiger partial charge in [-0.25, -0.2) is 5.43 Å². The van der Waals surface area contributed by atoms with Gasteiger partial charge in [0.1, 0.15) is 0 Å². The van der Waals surface area contributed by atoms with Crippen molar-refractivity contribution in [1.29, 1.82) is 0 Å². The van der Waals surface area contributed by atoms with Crippen LogP contribution >= 0.6 is 0 Å². The number of carbonyl (C=O) groups excluding carboxylic acids is 2. The molecule has 3 N–H and O–H groups in total. The van der Waals surface area contributed by atoms with E-state index in [9.17, 15) is 9.59 Å². The van der Waals surface area contributed by atoms with Gasteiger partial charge in [-0.2, -0.15) is 0 Å². The minimum Gasteiger partial charge on any atom is -0.347 e. The molecule has 0 saturated carbocycles. The van der Waals surface area contributed by atoms with E-state index in [1.54, 1.807) is 6.92 Å². The topological polar surface area (TPSA) is 70.2 Å². The molecule has 0 atom stereocenters. The van der Waals surface area contributed by atoms with Crippen molar-refractivity contribution in [2.75, 3.05) is 6.54 Å². The minimum atomic E-state index is -0.240. The van der Waals surface area contributed by atoms with E-state index in [1.807, 2.05) is 13.8 Å². The Morgan fingerprint density at radius 2 is 1.85 bits per heavy atom. The number of carbonyl (C=O) groups is 2. The fraction of sp³-hybridized carbons (Fsp3) is 0.750. The van der Waals surface area contributed by atoms with Gasteiger partial charge < -0.3 is 5.32 Å². The Balaban J connectivity index is 3.46. The number of nitrogens with one attached hydrogen (secondary N) is 3. The molecule has 0 aromatic carbocycles. The van der Waals surface area contributed by atoms with Crippen LogP contribution in [-0.4, -0.2) is 24.4 Å². The molecule has 0 aliphatic heterocycles. The summed E-state index contributed by atoms with van der Waals surface area (Å²) in [5.41, 5.74) is 5.19. The van der Waals surface area contributed by atoms with Gasteiger partial charge in [-0.1, -0.05) is 6.92 Å². The predicted octanol–water partition coefficient (Wildman–Crippen LogP) is -0.458. The summed E-state index contributed by atoms with van der Waals surface area (Å²) in [5, 5.41) is 2.46. The third kappa shape index (κ3) is 7.27. The average Bonchev–Trinajstić information content (AvgIpc) is 2.10. The van der Waals surface area contributed by atoms with E-state index in [2.05, 4.69) is 16.2 Å². The first kappa shape index (κ1) is 11.9. The zero-order chi connectivity index (χ0) is 10.3. The van der Waals surface area contributed by atoms with Crippen LogP contribution in [0.1, 0.15) is 27.2 Å². The maximum absolute atomic E-state index is 11.0. The lowest BCUT2D eigenvalue weighted by molar-refractivity contribution is -0.126. The monoisotopic (exact) mass is 187 g/mol. The number of hydrogen-bond donors (Lipinski definition) is 3. The Labute approximate surface area is 78.2 Å². The van der Waals surface area contributed by atoms with Crippen LogP contribution in [0.15, 0.2) is 0 Å². The van der Waals surface area contributed by atoms with Gasteiger partial charge in [0.05, 0.1) is 6.54 Å². The van der Waals surface area contributed by atoms with E-state index in [0.29, 0.717) is 6.42 Å². The average molecular weight is 187 g/mol. The minimum absolute atomic E-state index is 0.0202. The number of amides is 2. The van der Waals surface area contributed by atoms with Crippen molar-refractivity contribution in [3.63, 3.8) is 0 Å². The van der Waals surface area contributed by atoms with Gasteiger partial charge in [0, 0.05) is 12.5 Å². The highest BCUT2D eigenvalue weighted by Crippen LogP contribution is 1.74. The second kappa shape index (κ2) is 6.42. The van der Waals surface area contributed by atoms with Crippen molar-refractivity contribution in [2.24, 2.45) is 0 Å². The van der Waals surface area contributed by atoms with E-state index in [0.717, 1.165) is 0 Å². The second-order valence-corrected chi connectivity index (χ2v) is 2.98. The third-order valence-corrected chi connectivity index (χ3v) is 1.27. The van der Waals surface area contributed by atoms with Gasteiger partial charge in [0.15, 0.2) is 0 Å². The Bertz CT molecular complexity index is 180. The summed E-state index contributed by atoms with van der Waals surface area (Å²) in [5.74, 6) is -0.366. The lowest BCUT2D eigenvalue weighted by Gasteiger charge is -2.09. The van der Waals surface area contributed by atoms with Crippen LogP contribution in [0.5, 0.6) is 0 Å². The molecule has 0 unspecified atom stereocenters. The molecule has 0 radical (unpaired) electrons. The molecular weight excluding hydrogens is 170 g/mol. The molecule has 0 aromatic rings. The first-order valence-corrected chi connectivity index (χ1v) is 4.37. The number of hydrazine groups is 1. The summed E-state index contributed by atoms with van der Waals surface area (Å²) in [7, 11) is 0. The highest BCUT2D eigenvalue weighted by molar-refractivity contribution is 5.84. The summed E-state index contributed by atoms with van der Waals surface area (Å²) < 4.78 is 0. The highest BCUT2D eigenvalue weighted by atomic mass is 16.2. The van der Waals surface area contributed by atoms with Crippen molar-refractivity contribution in [3.8, 4) is 0 Å². The van der Waals surface area contributed by atoms with E-state index in [1.165, 1.54) is 0 Å². The van der Waals surface area contributed by atoms with Crippen LogP contribution in [-0.2, 0) is 9.59 Å². The molecule has 0 spiro atoms. The fourth-order valence-electron chi connectivity index (χ4n) is 0.573. The lowest BCUT2D eigenvalue weighted by Crippen LogP contribution is -2.46. The fourth-order valence-corrected chi connectivity index (χ4v) is 0.573. The van der Waals surface area contributed by atoms with Gasteiger partial charge in [-0.15, -0.1) is 0 Å². The molecule has 76 valence electrons. The van der Waals surface area contributed by atoms with Gasteiger partial charge in [-0.3, -0.25) is 15.0 Å². The summed E-state index contributed by atoms with van der Waals surface area (Å²) in [6.07, 6.45) is 0.394. The molecule has 0 aliphatic rings. The molecule has 0 aromatic heterocycles. The third-order valence-electron chi connectivity index (χ3n) is 1.27. The van der Waals surface area contributed by atoms with E-state index in [4.69, 9.17) is 0 Å². The van der Waals surface area contributed by atoms with Gasteiger partial charge in [0.2, 0.25) is 5.91 Å². The van der Waals surface area contributed by atoms with Crippen molar-refractivity contribution < 1.29 is 9.59 Å². The first-order valence-electron chi connectivity index (χ1n) is 4.37. The Morgan fingerprint density at radius 3 is 2.31 bits per heavy atom. The molecule has 0 bridgehead atoms. The van der Waals surface area contributed by atoms with Crippen molar-refractivity contribution in [1.82, 2.24) is 16.2 Å². The van der Waals surface area contributed by atoms with Crippen molar-refractivity contribution >= 4 is 11.8 Å². The zero-order valence-electron chi connectivity index (χ0n) is 8.31.